The summed E-state index contributed by atoms with van der Waals surface area (Å²) in [4.78, 5) is 32.9. The lowest BCUT2D eigenvalue weighted by Gasteiger charge is -2.11. The predicted octanol–water partition coefficient (Wildman–Crippen LogP) is 3.41. The molecule has 2 heterocycles. The van der Waals surface area contributed by atoms with Crippen LogP contribution in [0.1, 0.15) is 39.8 Å². The number of likely N-dealkylation sites (N-methyl/N-ethyl adjacent to an activating group) is 1. The summed E-state index contributed by atoms with van der Waals surface area (Å²) >= 11 is 0. The van der Waals surface area contributed by atoms with Crippen molar-refractivity contribution in [1.82, 2.24) is 20.6 Å². The maximum Gasteiger partial charge on any atom is 0.255 e. The molecule has 0 radical (unpaired) electrons. The number of nitrogens with zero attached hydrogens (tertiary/aromatic N) is 2. The molecule has 0 fully saturated rings. The Bertz CT molecular complexity index is 1220. The monoisotopic (exact) mass is 434 g/mol. The molecule has 1 aliphatic rings. The van der Waals surface area contributed by atoms with Crippen LogP contribution in [0.4, 0.5) is 8.78 Å². The summed E-state index contributed by atoms with van der Waals surface area (Å²) in [7, 11) is 0. The molecule has 0 unspecified atom stereocenters. The van der Waals surface area contributed by atoms with Gasteiger partial charge in [-0.05, 0) is 30.2 Å². The second-order valence-corrected chi connectivity index (χ2v) is 7.31. The van der Waals surface area contributed by atoms with Crippen molar-refractivity contribution in [3.05, 3.63) is 88.8 Å². The first kappa shape index (κ1) is 21.3. The first-order chi connectivity index (χ1) is 15.4. The van der Waals surface area contributed by atoms with Gasteiger partial charge in [-0.1, -0.05) is 36.9 Å². The van der Waals surface area contributed by atoms with E-state index >= 15 is 0 Å². The van der Waals surface area contributed by atoms with Gasteiger partial charge in [0.2, 0.25) is 0 Å². The van der Waals surface area contributed by atoms with E-state index in [9.17, 15) is 18.4 Å². The summed E-state index contributed by atoms with van der Waals surface area (Å²) < 4.78 is 28.6. The van der Waals surface area contributed by atoms with E-state index in [0.717, 1.165) is 17.7 Å². The SMILES string of the molecule is C=C(C(=O)NCC)c1ccc(Cc2nc(-c3c(F)cccc3F)nc3c2C(=O)NC3)cc1. The normalized spacial score (nSPS) is 12.3. The highest BCUT2D eigenvalue weighted by Crippen LogP contribution is 2.28. The number of hydrogen-bond donors (Lipinski definition) is 2. The number of amides is 2. The largest absolute Gasteiger partial charge is 0.352 e. The van der Waals surface area contributed by atoms with Crippen molar-refractivity contribution in [2.45, 2.75) is 19.9 Å². The standard InChI is InChI=1S/C24H20F2N4O2/c1-3-27-23(31)13(2)15-9-7-14(8-10-15)11-18-21-19(12-28-24(21)32)30-22(29-18)20-16(25)5-4-6-17(20)26/h4-10H,2-3,11-12H2,1H3,(H,27,31)(H,28,32). The lowest BCUT2D eigenvalue weighted by molar-refractivity contribution is -0.115. The molecule has 1 aliphatic heterocycles. The first-order valence-electron chi connectivity index (χ1n) is 10.1. The van der Waals surface area contributed by atoms with Crippen LogP contribution in [0.2, 0.25) is 0 Å². The Morgan fingerprint density at radius 2 is 1.78 bits per heavy atom. The van der Waals surface area contributed by atoms with Gasteiger partial charge in [0.1, 0.15) is 11.6 Å². The van der Waals surface area contributed by atoms with Crippen LogP contribution < -0.4 is 10.6 Å². The van der Waals surface area contributed by atoms with Crippen LogP contribution in [0.3, 0.4) is 0 Å². The van der Waals surface area contributed by atoms with Crippen LogP contribution in [0.15, 0.2) is 49.0 Å². The van der Waals surface area contributed by atoms with Gasteiger partial charge >= 0.3 is 0 Å². The molecule has 0 atom stereocenters. The van der Waals surface area contributed by atoms with Crippen molar-refractivity contribution in [3.63, 3.8) is 0 Å². The number of rotatable bonds is 6. The molecule has 0 saturated carbocycles. The van der Waals surface area contributed by atoms with Gasteiger partial charge in [0.05, 0.1) is 29.1 Å². The highest BCUT2D eigenvalue weighted by atomic mass is 19.1. The van der Waals surface area contributed by atoms with Crippen LogP contribution in [-0.4, -0.2) is 28.3 Å². The van der Waals surface area contributed by atoms with Crippen LogP contribution in [0.5, 0.6) is 0 Å². The lowest BCUT2D eigenvalue weighted by Crippen LogP contribution is -2.23. The molecule has 3 aromatic rings. The van der Waals surface area contributed by atoms with E-state index in [4.69, 9.17) is 0 Å². The van der Waals surface area contributed by atoms with E-state index in [1.807, 2.05) is 6.92 Å². The molecule has 0 aliphatic carbocycles. The molecule has 4 rings (SSSR count). The molecule has 0 saturated heterocycles. The molecular formula is C24H20F2N4O2. The third kappa shape index (κ3) is 3.99. The summed E-state index contributed by atoms with van der Waals surface area (Å²) in [6, 6.07) is 10.6. The molecule has 8 heteroatoms. The molecule has 1 aromatic heterocycles. The predicted molar refractivity (Wildman–Crippen MR) is 116 cm³/mol. The van der Waals surface area contributed by atoms with E-state index in [0.29, 0.717) is 34.6 Å². The van der Waals surface area contributed by atoms with Crippen molar-refractivity contribution in [1.29, 1.82) is 0 Å². The number of carbonyl (C=O) groups excluding carboxylic acids is 2. The minimum Gasteiger partial charge on any atom is -0.352 e. The maximum atomic E-state index is 14.3. The van der Waals surface area contributed by atoms with E-state index in [1.165, 1.54) is 6.07 Å². The van der Waals surface area contributed by atoms with Crippen LogP contribution in [0, 0.1) is 11.6 Å². The number of hydrogen-bond acceptors (Lipinski definition) is 4. The molecule has 6 nitrogen and oxygen atoms in total. The van der Waals surface area contributed by atoms with Crippen LogP contribution in [0.25, 0.3) is 17.0 Å². The average Bonchev–Trinajstić information content (AvgIpc) is 3.15. The van der Waals surface area contributed by atoms with Gasteiger partial charge in [0.15, 0.2) is 5.82 Å². The van der Waals surface area contributed by atoms with Crippen molar-refractivity contribution < 1.29 is 18.4 Å². The fourth-order valence-corrected chi connectivity index (χ4v) is 3.57. The highest BCUT2D eigenvalue weighted by Gasteiger charge is 2.28. The average molecular weight is 434 g/mol. The fourth-order valence-electron chi connectivity index (χ4n) is 3.57. The Hall–Kier alpha value is -3.94. The Labute approximate surface area is 183 Å². The van der Waals surface area contributed by atoms with Crippen LogP contribution >= 0.6 is 0 Å². The maximum absolute atomic E-state index is 14.3. The highest BCUT2D eigenvalue weighted by molar-refractivity contribution is 6.18. The minimum atomic E-state index is -0.776. The van der Waals surface area contributed by atoms with Gasteiger partial charge in [-0.25, -0.2) is 18.7 Å². The number of aromatic nitrogens is 2. The quantitative estimate of drug-likeness (QED) is 0.583. The van der Waals surface area contributed by atoms with Crippen LogP contribution in [-0.2, 0) is 17.8 Å². The van der Waals surface area contributed by atoms with Gasteiger partial charge in [-0.15, -0.1) is 0 Å². The molecule has 2 amide bonds. The summed E-state index contributed by atoms with van der Waals surface area (Å²) in [5.74, 6) is -2.23. The molecule has 0 spiro atoms. The molecule has 162 valence electrons. The zero-order valence-corrected chi connectivity index (χ0v) is 17.3. The van der Waals surface area contributed by atoms with E-state index in [1.54, 1.807) is 24.3 Å². The van der Waals surface area contributed by atoms with E-state index in [2.05, 4.69) is 27.2 Å². The van der Waals surface area contributed by atoms with Gasteiger partial charge in [0.25, 0.3) is 11.8 Å². The second-order valence-electron chi connectivity index (χ2n) is 7.31. The number of carbonyl (C=O) groups is 2. The molecule has 2 aromatic carbocycles. The Morgan fingerprint density at radius 1 is 1.09 bits per heavy atom. The molecule has 0 bridgehead atoms. The van der Waals surface area contributed by atoms with Crippen molar-refractivity contribution >= 4 is 17.4 Å². The summed E-state index contributed by atoms with van der Waals surface area (Å²) in [6.07, 6.45) is 0.245. The zero-order valence-electron chi connectivity index (χ0n) is 17.3. The number of benzene rings is 2. The summed E-state index contributed by atoms with van der Waals surface area (Å²) in [5, 5.41) is 5.38. The van der Waals surface area contributed by atoms with Gasteiger partial charge in [0, 0.05) is 18.5 Å². The smallest absolute Gasteiger partial charge is 0.255 e. The second kappa shape index (κ2) is 8.66. The van der Waals surface area contributed by atoms with Gasteiger partial charge in [-0.3, -0.25) is 9.59 Å². The molecule has 32 heavy (non-hydrogen) atoms. The topological polar surface area (TPSA) is 84.0 Å². The first-order valence-corrected chi connectivity index (χ1v) is 10.1. The zero-order chi connectivity index (χ0) is 22.8. The van der Waals surface area contributed by atoms with Gasteiger partial charge < -0.3 is 10.6 Å². The Balaban J connectivity index is 1.70. The number of halogens is 2. The molecular weight excluding hydrogens is 414 g/mol. The third-order valence-electron chi connectivity index (χ3n) is 5.17. The Morgan fingerprint density at radius 3 is 2.44 bits per heavy atom. The fraction of sp³-hybridized carbons (Fsp3) is 0.167. The lowest BCUT2D eigenvalue weighted by atomic mass is 10.0. The molecule has 2 N–H and O–H groups in total. The van der Waals surface area contributed by atoms with E-state index in [-0.39, 0.29) is 36.2 Å². The van der Waals surface area contributed by atoms with Crippen molar-refractivity contribution in [2.75, 3.05) is 6.54 Å². The summed E-state index contributed by atoms with van der Waals surface area (Å²) in [5.41, 5.74) is 2.58. The van der Waals surface area contributed by atoms with Gasteiger partial charge in [-0.2, -0.15) is 0 Å². The third-order valence-corrected chi connectivity index (χ3v) is 5.17. The summed E-state index contributed by atoms with van der Waals surface area (Å²) in [6.45, 7) is 6.31. The number of fused-ring (bicyclic) bond motifs is 1. The van der Waals surface area contributed by atoms with Crippen molar-refractivity contribution in [2.24, 2.45) is 0 Å². The Kier molecular flexibility index (Phi) is 5.77. The number of nitrogens with one attached hydrogen (secondary N) is 2. The van der Waals surface area contributed by atoms with Crippen molar-refractivity contribution in [3.8, 4) is 11.4 Å². The van der Waals surface area contributed by atoms with E-state index < -0.39 is 11.6 Å². The minimum absolute atomic E-state index is 0.105.